The quantitative estimate of drug-likeness (QED) is 0.746. The molecule has 1 fully saturated rings. The number of hydrogen-bond acceptors (Lipinski definition) is 5. The molecule has 0 aliphatic carbocycles. The number of ketones is 1. The highest BCUT2D eigenvalue weighted by molar-refractivity contribution is 7.92. The number of aliphatic hydroxyl groups is 1. The number of likely N-dealkylation sites (N-methyl/N-ethyl adjacent to an activating group) is 1. The molecule has 1 N–H and O–H groups in total. The Bertz CT molecular complexity index is 363. The number of sulfone groups is 1. The summed E-state index contributed by atoms with van der Waals surface area (Å²) in [5.74, 6) is -0.302. The summed E-state index contributed by atoms with van der Waals surface area (Å²) in [5.41, 5.74) is 0. The number of carbonyl (C=O) groups is 1. The average Bonchev–Trinajstić information content (AvgIpc) is 2.59. The molecule has 0 amide bonds. The molecule has 2 unspecified atom stereocenters. The second-order valence-corrected chi connectivity index (χ2v) is 7.14. The summed E-state index contributed by atoms with van der Waals surface area (Å²) in [6.07, 6.45) is 0.972. The fourth-order valence-corrected chi connectivity index (χ4v) is 3.82. The van der Waals surface area contributed by atoms with Crippen LogP contribution in [0.2, 0.25) is 0 Å². The Hall–Kier alpha value is -0.460. The van der Waals surface area contributed by atoms with E-state index in [-0.39, 0.29) is 5.78 Å². The van der Waals surface area contributed by atoms with Crippen molar-refractivity contribution in [3.63, 3.8) is 0 Å². The molecular formula is C10H19NO4S. The highest BCUT2D eigenvalue weighted by Gasteiger charge is 2.42. The van der Waals surface area contributed by atoms with Crippen LogP contribution in [0, 0.1) is 0 Å². The normalized spacial score (nSPS) is 27.6. The Balaban J connectivity index is 2.87. The predicted molar refractivity (Wildman–Crippen MR) is 60.7 cm³/mol. The number of nitrogens with zero attached hydrogens (tertiary/aromatic N) is 1. The van der Waals surface area contributed by atoms with Gasteiger partial charge in [-0.2, -0.15) is 0 Å². The molecule has 1 saturated heterocycles. The summed E-state index contributed by atoms with van der Waals surface area (Å²) in [6.45, 7) is 2.76. The van der Waals surface area contributed by atoms with Crippen molar-refractivity contribution in [2.45, 2.75) is 43.4 Å². The lowest BCUT2D eigenvalue weighted by Gasteiger charge is -2.25. The largest absolute Gasteiger partial charge is 0.389 e. The molecule has 1 heterocycles. The third kappa shape index (κ3) is 2.28. The topological polar surface area (TPSA) is 74.7 Å². The van der Waals surface area contributed by atoms with E-state index in [0.29, 0.717) is 12.8 Å². The molecule has 0 spiro atoms. The summed E-state index contributed by atoms with van der Waals surface area (Å²) in [6, 6.07) is -0.455. The fraction of sp³-hybridized carbons (Fsp3) is 0.900. The summed E-state index contributed by atoms with van der Waals surface area (Å²) in [5, 5.41) is 7.75. The van der Waals surface area contributed by atoms with Gasteiger partial charge in [-0.05, 0) is 33.7 Å². The Morgan fingerprint density at radius 2 is 2.00 bits per heavy atom. The van der Waals surface area contributed by atoms with Crippen molar-refractivity contribution in [3.05, 3.63) is 0 Å². The van der Waals surface area contributed by atoms with Gasteiger partial charge in [0.2, 0.25) is 0 Å². The van der Waals surface area contributed by atoms with Crippen LogP contribution in [-0.4, -0.2) is 54.5 Å². The number of hydrogen-bond donors (Lipinski definition) is 1. The Labute approximate surface area is 96.4 Å². The maximum Gasteiger partial charge on any atom is 0.175 e. The van der Waals surface area contributed by atoms with E-state index < -0.39 is 33.1 Å². The zero-order chi connectivity index (χ0) is 12.5. The maximum absolute atomic E-state index is 12.0. The standard InChI is InChI=1S/C10H19NO4S/c1-7(2)16(14,15)10-5-4-8(11(10)3)9(13)6-12/h7-8,10,12H,4-6H2,1-3H3. The van der Waals surface area contributed by atoms with Crippen LogP contribution in [0.5, 0.6) is 0 Å². The van der Waals surface area contributed by atoms with Crippen molar-refractivity contribution in [1.29, 1.82) is 0 Å². The Morgan fingerprint density at radius 3 is 2.44 bits per heavy atom. The molecule has 0 aromatic rings. The molecule has 0 aromatic heterocycles. The maximum atomic E-state index is 12.0. The molecule has 1 rings (SSSR count). The smallest absolute Gasteiger partial charge is 0.175 e. The molecule has 2 atom stereocenters. The third-order valence-corrected chi connectivity index (χ3v) is 5.84. The van der Waals surface area contributed by atoms with Gasteiger partial charge in [-0.1, -0.05) is 0 Å². The molecular weight excluding hydrogens is 230 g/mol. The minimum atomic E-state index is -3.21. The first-order chi connectivity index (χ1) is 7.32. The van der Waals surface area contributed by atoms with E-state index in [1.54, 1.807) is 25.8 Å². The summed E-state index contributed by atoms with van der Waals surface area (Å²) < 4.78 is 24.0. The van der Waals surface area contributed by atoms with Gasteiger partial charge in [0.1, 0.15) is 12.0 Å². The first-order valence-electron chi connectivity index (χ1n) is 5.40. The average molecular weight is 249 g/mol. The highest BCUT2D eigenvalue weighted by atomic mass is 32.2. The van der Waals surface area contributed by atoms with Crippen LogP contribution in [0.3, 0.4) is 0 Å². The van der Waals surface area contributed by atoms with Crippen molar-refractivity contribution in [2.24, 2.45) is 0 Å². The SMILES string of the molecule is CC(C)S(=O)(=O)C1CCC(C(=O)CO)N1C. The number of Topliss-reactive ketones (excluding diaryl/α,β-unsaturated/α-hetero) is 1. The van der Waals surface area contributed by atoms with E-state index in [2.05, 4.69) is 0 Å². The molecule has 0 aromatic carbocycles. The van der Waals surface area contributed by atoms with Gasteiger partial charge < -0.3 is 5.11 Å². The zero-order valence-electron chi connectivity index (χ0n) is 9.88. The molecule has 0 radical (unpaired) electrons. The Kier molecular flexibility index (Phi) is 4.09. The molecule has 0 bridgehead atoms. The zero-order valence-corrected chi connectivity index (χ0v) is 10.7. The number of carbonyl (C=O) groups excluding carboxylic acids is 1. The van der Waals surface area contributed by atoms with E-state index in [9.17, 15) is 13.2 Å². The van der Waals surface area contributed by atoms with Crippen molar-refractivity contribution in [1.82, 2.24) is 4.90 Å². The van der Waals surface area contributed by atoms with Gasteiger partial charge in [-0.15, -0.1) is 0 Å². The predicted octanol–water partition coefficient (Wildman–Crippen LogP) is -0.209. The van der Waals surface area contributed by atoms with Gasteiger partial charge in [0.15, 0.2) is 15.6 Å². The van der Waals surface area contributed by atoms with E-state index >= 15 is 0 Å². The first-order valence-corrected chi connectivity index (χ1v) is 7.01. The number of rotatable bonds is 4. The third-order valence-electron chi connectivity index (χ3n) is 3.20. The van der Waals surface area contributed by atoms with Crippen molar-refractivity contribution < 1.29 is 18.3 Å². The van der Waals surface area contributed by atoms with Crippen molar-refractivity contribution in [2.75, 3.05) is 13.7 Å². The molecule has 1 aliphatic rings. The van der Waals surface area contributed by atoms with Crippen LogP contribution in [-0.2, 0) is 14.6 Å². The van der Waals surface area contributed by atoms with E-state index in [1.165, 1.54) is 0 Å². The van der Waals surface area contributed by atoms with Gasteiger partial charge in [0, 0.05) is 0 Å². The van der Waals surface area contributed by atoms with Crippen molar-refractivity contribution >= 4 is 15.6 Å². The number of likely N-dealkylation sites (tertiary alicyclic amines) is 1. The highest BCUT2D eigenvalue weighted by Crippen LogP contribution is 2.28. The van der Waals surface area contributed by atoms with Gasteiger partial charge >= 0.3 is 0 Å². The van der Waals surface area contributed by atoms with Gasteiger partial charge in [-0.3, -0.25) is 9.69 Å². The number of aliphatic hydroxyl groups excluding tert-OH is 1. The molecule has 16 heavy (non-hydrogen) atoms. The van der Waals surface area contributed by atoms with E-state index in [1.807, 2.05) is 0 Å². The Morgan fingerprint density at radius 1 is 1.44 bits per heavy atom. The van der Waals surface area contributed by atoms with E-state index in [0.717, 1.165) is 0 Å². The van der Waals surface area contributed by atoms with Gasteiger partial charge in [0.25, 0.3) is 0 Å². The van der Waals surface area contributed by atoms with Crippen LogP contribution in [0.15, 0.2) is 0 Å². The van der Waals surface area contributed by atoms with Gasteiger partial charge in [-0.25, -0.2) is 8.42 Å². The first kappa shape index (κ1) is 13.6. The molecule has 0 saturated carbocycles. The van der Waals surface area contributed by atoms with E-state index in [4.69, 9.17) is 5.11 Å². The van der Waals surface area contributed by atoms with Crippen LogP contribution >= 0.6 is 0 Å². The molecule has 6 heteroatoms. The van der Waals surface area contributed by atoms with Crippen molar-refractivity contribution in [3.8, 4) is 0 Å². The van der Waals surface area contributed by atoms with Crippen LogP contribution in [0.25, 0.3) is 0 Å². The summed E-state index contributed by atoms with van der Waals surface area (Å²) in [4.78, 5) is 13.0. The van der Waals surface area contributed by atoms with Gasteiger partial charge in [0.05, 0.1) is 11.3 Å². The lowest BCUT2D eigenvalue weighted by atomic mass is 10.1. The lowest BCUT2D eigenvalue weighted by molar-refractivity contribution is -0.125. The lowest BCUT2D eigenvalue weighted by Crippen LogP contribution is -2.44. The molecule has 5 nitrogen and oxygen atoms in total. The second kappa shape index (κ2) is 4.81. The summed E-state index contributed by atoms with van der Waals surface area (Å²) in [7, 11) is -1.57. The van der Waals surface area contributed by atoms with Crippen LogP contribution in [0.4, 0.5) is 0 Å². The minimum absolute atomic E-state index is 0.302. The summed E-state index contributed by atoms with van der Waals surface area (Å²) >= 11 is 0. The molecule has 94 valence electrons. The van der Waals surface area contributed by atoms with Crippen LogP contribution in [0.1, 0.15) is 26.7 Å². The minimum Gasteiger partial charge on any atom is -0.389 e. The fourth-order valence-electron chi connectivity index (χ4n) is 2.11. The monoisotopic (exact) mass is 249 g/mol. The second-order valence-electron chi connectivity index (χ2n) is 4.48. The van der Waals surface area contributed by atoms with Crippen LogP contribution < -0.4 is 0 Å². The molecule has 1 aliphatic heterocycles.